The molecule has 0 unspecified atom stereocenters. The number of aryl methyl sites for hydroxylation is 2. The lowest BCUT2D eigenvalue weighted by molar-refractivity contribution is 0.0912. The zero-order chi connectivity index (χ0) is 26.8. The highest BCUT2D eigenvalue weighted by atomic mass is 32.2. The van der Waals surface area contributed by atoms with Gasteiger partial charge in [0, 0.05) is 34.4 Å². The predicted molar refractivity (Wildman–Crippen MR) is 159 cm³/mol. The molecule has 5 aromatic rings. The molecule has 0 atom stereocenters. The van der Waals surface area contributed by atoms with Crippen molar-refractivity contribution in [2.45, 2.75) is 44.1 Å². The highest BCUT2D eigenvalue weighted by Crippen LogP contribution is 2.36. The van der Waals surface area contributed by atoms with Gasteiger partial charge in [0.25, 0.3) is 0 Å². The smallest absolute Gasteiger partial charge is 0.232 e. The van der Waals surface area contributed by atoms with Crippen LogP contribution >= 0.6 is 11.8 Å². The predicted octanol–water partition coefficient (Wildman–Crippen LogP) is 8.25. The van der Waals surface area contributed by atoms with Gasteiger partial charge < -0.3 is 0 Å². The molecule has 2 heterocycles. The van der Waals surface area contributed by atoms with Crippen LogP contribution in [0.1, 0.15) is 46.4 Å². The van der Waals surface area contributed by atoms with Gasteiger partial charge in [-0.3, -0.25) is 9.36 Å². The van der Waals surface area contributed by atoms with E-state index in [0.29, 0.717) is 22.8 Å². The fraction of sp³-hybridized carbons (Fsp3) is 0.206. The molecule has 0 N–H and O–H groups in total. The average molecular weight is 528 g/mol. The maximum Gasteiger partial charge on any atom is 0.232 e. The minimum atomic E-state index is 0.110. The molecule has 0 bridgehead atoms. The van der Waals surface area contributed by atoms with Crippen molar-refractivity contribution in [1.82, 2.24) is 9.55 Å². The number of nitrogens with zero attached hydrogens (tertiary/aromatic N) is 3. The van der Waals surface area contributed by atoms with Crippen LogP contribution in [0.3, 0.4) is 0 Å². The van der Waals surface area contributed by atoms with Gasteiger partial charge in [-0.25, -0.2) is 4.98 Å². The molecule has 0 radical (unpaired) electrons. The Morgan fingerprint density at radius 1 is 0.949 bits per heavy atom. The summed E-state index contributed by atoms with van der Waals surface area (Å²) in [5, 5.41) is 12.1. The van der Waals surface area contributed by atoms with Gasteiger partial charge >= 0.3 is 0 Å². The number of nitriles is 1. The van der Waals surface area contributed by atoms with Gasteiger partial charge in [-0.1, -0.05) is 78.4 Å². The molecule has 2 aromatic heterocycles. The molecule has 39 heavy (non-hydrogen) atoms. The summed E-state index contributed by atoms with van der Waals surface area (Å²) in [4.78, 5) is 18.5. The van der Waals surface area contributed by atoms with Crippen molar-refractivity contribution in [3.05, 3.63) is 107 Å². The summed E-state index contributed by atoms with van der Waals surface area (Å²) in [7, 11) is 0. The van der Waals surface area contributed by atoms with Crippen molar-refractivity contribution in [3.8, 4) is 28.5 Å². The largest absolute Gasteiger partial charge is 0.284 e. The number of rotatable bonds is 6. The summed E-state index contributed by atoms with van der Waals surface area (Å²) in [6.07, 6.45) is 4.65. The molecule has 4 nitrogen and oxygen atoms in total. The Labute approximate surface area is 233 Å². The van der Waals surface area contributed by atoms with Crippen molar-refractivity contribution in [3.63, 3.8) is 0 Å². The number of para-hydroxylation sites is 1. The molecule has 0 saturated carbocycles. The first-order valence-electron chi connectivity index (χ1n) is 13.5. The van der Waals surface area contributed by atoms with Crippen LogP contribution in [-0.4, -0.2) is 21.2 Å². The number of carbonyl (C=O) groups excluding carboxylic acids is 1. The molecule has 0 amide bonds. The van der Waals surface area contributed by atoms with Crippen LogP contribution in [0.25, 0.3) is 33.3 Å². The van der Waals surface area contributed by atoms with E-state index in [-0.39, 0.29) is 5.91 Å². The highest BCUT2D eigenvalue weighted by Gasteiger charge is 2.23. The van der Waals surface area contributed by atoms with E-state index < -0.39 is 0 Å². The Morgan fingerprint density at radius 3 is 2.49 bits per heavy atom. The zero-order valence-electron chi connectivity index (χ0n) is 22.0. The summed E-state index contributed by atoms with van der Waals surface area (Å²) < 4.78 is 1.96. The monoisotopic (exact) mass is 527 g/mol. The SMILES string of the molecule is Cc1ccc(-c2cc(-c3ccccc3)nc(SCCC(=O)n3c4c(c5ccccc53)CCCC4)c2C#N)cc1. The summed E-state index contributed by atoms with van der Waals surface area (Å²) >= 11 is 1.49. The van der Waals surface area contributed by atoms with E-state index in [1.165, 1.54) is 40.4 Å². The second-order valence-electron chi connectivity index (χ2n) is 10.1. The van der Waals surface area contributed by atoms with Crippen molar-refractivity contribution in [2.24, 2.45) is 0 Å². The van der Waals surface area contributed by atoms with Crippen molar-refractivity contribution >= 4 is 28.6 Å². The van der Waals surface area contributed by atoms with Crippen LogP contribution in [0.4, 0.5) is 0 Å². The number of pyridine rings is 1. The van der Waals surface area contributed by atoms with Crippen LogP contribution in [-0.2, 0) is 12.8 Å². The van der Waals surface area contributed by atoms with Gasteiger partial charge in [-0.15, -0.1) is 11.8 Å². The van der Waals surface area contributed by atoms with E-state index in [9.17, 15) is 10.1 Å². The number of hydrogen-bond acceptors (Lipinski definition) is 4. The van der Waals surface area contributed by atoms with E-state index in [2.05, 4.69) is 55.5 Å². The third-order valence-electron chi connectivity index (χ3n) is 7.51. The van der Waals surface area contributed by atoms with Crippen molar-refractivity contribution in [1.29, 1.82) is 5.26 Å². The Bertz CT molecular complexity index is 1710. The normalized spacial score (nSPS) is 12.7. The van der Waals surface area contributed by atoms with Gasteiger partial charge in [-0.2, -0.15) is 5.26 Å². The van der Waals surface area contributed by atoms with E-state index in [4.69, 9.17) is 4.98 Å². The fourth-order valence-electron chi connectivity index (χ4n) is 5.58. The molecule has 0 aliphatic heterocycles. The molecule has 0 saturated heterocycles. The standard InChI is InChI=1S/C34H29N3OS/c1-23-15-17-24(18-16-23)28-21-30(25-9-3-2-4-10-25)36-34(29(28)22-35)39-20-19-33(38)37-31-13-7-5-11-26(31)27-12-6-8-14-32(27)37/h2-5,7,9-11,13,15-18,21H,6,8,12,14,19-20H2,1H3. The molecule has 5 heteroatoms. The summed E-state index contributed by atoms with van der Waals surface area (Å²) in [5.41, 5.74) is 8.93. The Hall–Kier alpha value is -4.14. The van der Waals surface area contributed by atoms with Crippen LogP contribution in [0.15, 0.2) is 90.0 Å². The zero-order valence-corrected chi connectivity index (χ0v) is 22.8. The van der Waals surface area contributed by atoms with Gasteiger partial charge in [-0.05, 0) is 55.9 Å². The molecule has 1 aliphatic carbocycles. The fourth-order valence-corrected chi connectivity index (χ4v) is 6.51. The number of thioether (sulfide) groups is 1. The third-order valence-corrected chi connectivity index (χ3v) is 8.49. The van der Waals surface area contributed by atoms with Crippen molar-refractivity contribution < 1.29 is 4.79 Å². The summed E-state index contributed by atoms with van der Waals surface area (Å²) in [5.74, 6) is 0.659. The number of hydrogen-bond donors (Lipinski definition) is 0. The van der Waals surface area contributed by atoms with Crippen LogP contribution in [0.5, 0.6) is 0 Å². The lowest BCUT2D eigenvalue weighted by atomic mass is 9.95. The van der Waals surface area contributed by atoms with Crippen LogP contribution < -0.4 is 0 Å². The highest BCUT2D eigenvalue weighted by molar-refractivity contribution is 7.99. The maximum absolute atomic E-state index is 13.6. The first-order valence-corrected chi connectivity index (χ1v) is 14.5. The summed E-state index contributed by atoms with van der Waals surface area (Å²) in [6.45, 7) is 2.06. The van der Waals surface area contributed by atoms with Gasteiger partial charge in [0.15, 0.2) is 0 Å². The average Bonchev–Trinajstić information content (AvgIpc) is 3.32. The Morgan fingerprint density at radius 2 is 1.69 bits per heavy atom. The quantitative estimate of drug-likeness (QED) is 0.209. The van der Waals surface area contributed by atoms with Gasteiger partial charge in [0.2, 0.25) is 5.91 Å². The van der Waals surface area contributed by atoms with Gasteiger partial charge in [0.1, 0.15) is 11.1 Å². The number of aromatic nitrogens is 2. The summed E-state index contributed by atoms with van der Waals surface area (Å²) in [6, 6.07) is 31.0. The first-order chi connectivity index (χ1) is 19.1. The number of fused-ring (bicyclic) bond motifs is 3. The van der Waals surface area contributed by atoms with E-state index in [0.717, 1.165) is 47.2 Å². The molecular formula is C34H29N3OS. The van der Waals surface area contributed by atoms with Gasteiger partial charge in [0.05, 0.1) is 16.8 Å². The maximum atomic E-state index is 13.6. The van der Waals surface area contributed by atoms with Crippen LogP contribution in [0.2, 0.25) is 0 Å². The Kier molecular flexibility index (Phi) is 7.04. The van der Waals surface area contributed by atoms with E-state index >= 15 is 0 Å². The minimum Gasteiger partial charge on any atom is -0.284 e. The lowest BCUT2D eigenvalue weighted by Gasteiger charge is -2.15. The molecule has 6 rings (SSSR count). The number of benzene rings is 3. The second kappa shape index (κ2) is 10.9. The topological polar surface area (TPSA) is 58.7 Å². The molecule has 0 spiro atoms. The van der Waals surface area contributed by atoms with Crippen LogP contribution in [0, 0.1) is 18.3 Å². The van der Waals surface area contributed by atoms with E-state index in [1.807, 2.05) is 47.0 Å². The third kappa shape index (κ3) is 4.89. The molecule has 192 valence electrons. The molecule has 3 aromatic carbocycles. The second-order valence-corrected chi connectivity index (χ2v) is 11.1. The molecule has 1 aliphatic rings. The van der Waals surface area contributed by atoms with Crippen molar-refractivity contribution in [2.75, 3.05) is 5.75 Å². The lowest BCUT2D eigenvalue weighted by Crippen LogP contribution is -2.16. The number of carbonyl (C=O) groups is 1. The van der Waals surface area contributed by atoms with E-state index in [1.54, 1.807) is 0 Å². The first kappa shape index (κ1) is 25.2. The minimum absolute atomic E-state index is 0.110. The molecule has 0 fully saturated rings. The molecular weight excluding hydrogens is 498 g/mol. The Balaban J connectivity index is 1.32.